The molecule has 0 radical (unpaired) electrons. The topological polar surface area (TPSA) is 23.9 Å². The van der Waals surface area contributed by atoms with E-state index in [-0.39, 0.29) is 0 Å². The molecule has 0 atom stereocenters. The molecule has 2 aromatic rings. The van der Waals surface area contributed by atoms with Crippen LogP contribution in [0.5, 0.6) is 0 Å². The maximum absolute atomic E-state index is 7.69. The highest BCUT2D eigenvalue weighted by Crippen LogP contribution is 2.17. The van der Waals surface area contributed by atoms with Crippen molar-refractivity contribution >= 4 is 11.8 Å². The smallest absolute Gasteiger partial charge is 0.0253 e. The van der Waals surface area contributed by atoms with E-state index in [1.165, 1.54) is 22.9 Å². The minimum Gasteiger partial charge on any atom is -0.308 e. The molecule has 1 heteroatoms. The highest BCUT2D eigenvalue weighted by Gasteiger charge is 2.02. The monoisotopic (exact) mass is 291 g/mol. The lowest BCUT2D eigenvalue weighted by molar-refractivity contribution is 0.647. The molecular formula is C21H25N. The molecule has 0 amide bonds. The van der Waals surface area contributed by atoms with E-state index in [2.05, 4.69) is 75.4 Å². The van der Waals surface area contributed by atoms with Gasteiger partial charge in [-0.05, 0) is 53.5 Å². The SMILES string of the molecule is Cc1ccccc1C/C=C(\C=N)c1ccc(CC(C)C)cc1. The molecule has 0 aromatic heterocycles. The van der Waals surface area contributed by atoms with Crippen molar-refractivity contribution < 1.29 is 0 Å². The van der Waals surface area contributed by atoms with Gasteiger partial charge in [-0.15, -0.1) is 0 Å². The van der Waals surface area contributed by atoms with Gasteiger partial charge in [-0.25, -0.2) is 0 Å². The number of hydrogen-bond acceptors (Lipinski definition) is 1. The largest absolute Gasteiger partial charge is 0.308 e. The highest BCUT2D eigenvalue weighted by atomic mass is 14.3. The molecule has 0 saturated carbocycles. The standard InChI is InChI=1S/C21H25N/c1-16(2)14-18-8-10-20(11-9-18)21(15-22)13-12-19-7-5-4-6-17(19)3/h4-11,13,15-16,22H,12,14H2,1-3H3/b21-13+,22-15?. The van der Waals surface area contributed by atoms with Crippen molar-refractivity contribution in [3.8, 4) is 0 Å². The highest BCUT2D eigenvalue weighted by molar-refractivity contribution is 6.08. The van der Waals surface area contributed by atoms with Crippen LogP contribution in [0, 0.1) is 18.3 Å². The van der Waals surface area contributed by atoms with Gasteiger partial charge in [-0.3, -0.25) is 0 Å². The van der Waals surface area contributed by atoms with Gasteiger partial charge in [0.25, 0.3) is 0 Å². The Labute approximate surface area is 134 Å². The first-order valence-electron chi connectivity index (χ1n) is 7.94. The summed E-state index contributed by atoms with van der Waals surface area (Å²) in [6.45, 7) is 6.60. The van der Waals surface area contributed by atoms with Crippen molar-refractivity contribution in [1.82, 2.24) is 0 Å². The molecule has 0 aliphatic heterocycles. The van der Waals surface area contributed by atoms with Gasteiger partial charge in [0.15, 0.2) is 0 Å². The van der Waals surface area contributed by atoms with Crippen LogP contribution in [0.15, 0.2) is 54.6 Å². The average molecular weight is 291 g/mol. The summed E-state index contributed by atoms with van der Waals surface area (Å²) in [5, 5.41) is 7.69. The Morgan fingerprint density at radius 3 is 2.32 bits per heavy atom. The van der Waals surface area contributed by atoms with Gasteiger partial charge in [0, 0.05) is 6.21 Å². The Hall–Kier alpha value is -2.15. The number of benzene rings is 2. The molecule has 0 heterocycles. The van der Waals surface area contributed by atoms with Crippen molar-refractivity contribution in [2.45, 2.75) is 33.6 Å². The normalized spacial score (nSPS) is 11.7. The minimum absolute atomic E-state index is 0.671. The van der Waals surface area contributed by atoms with Gasteiger partial charge in [0.05, 0.1) is 0 Å². The number of allylic oxidation sites excluding steroid dienone is 2. The maximum atomic E-state index is 7.69. The van der Waals surface area contributed by atoms with Gasteiger partial charge in [0.1, 0.15) is 0 Å². The summed E-state index contributed by atoms with van der Waals surface area (Å²) in [6, 6.07) is 17.0. The quantitative estimate of drug-likeness (QED) is 0.682. The van der Waals surface area contributed by atoms with Crippen molar-refractivity contribution in [3.63, 3.8) is 0 Å². The van der Waals surface area contributed by atoms with Gasteiger partial charge >= 0.3 is 0 Å². The Morgan fingerprint density at radius 1 is 1.05 bits per heavy atom. The van der Waals surface area contributed by atoms with Crippen LogP contribution in [-0.2, 0) is 12.8 Å². The third-order valence-electron chi connectivity index (χ3n) is 3.89. The molecule has 0 spiro atoms. The van der Waals surface area contributed by atoms with Crippen molar-refractivity contribution in [3.05, 3.63) is 76.9 Å². The maximum Gasteiger partial charge on any atom is 0.0253 e. The fourth-order valence-corrected chi connectivity index (χ4v) is 2.62. The van der Waals surface area contributed by atoms with E-state index in [0.717, 1.165) is 24.0 Å². The molecule has 1 N–H and O–H groups in total. The minimum atomic E-state index is 0.671. The van der Waals surface area contributed by atoms with Gasteiger partial charge < -0.3 is 5.41 Å². The van der Waals surface area contributed by atoms with Crippen LogP contribution in [0.4, 0.5) is 0 Å². The van der Waals surface area contributed by atoms with Crippen LogP contribution in [0.25, 0.3) is 5.57 Å². The summed E-state index contributed by atoms with van der Waals surface area (Å²) in [5.74, 6) is 0.671. The molecule has 0 aliphatic carbocycles. The van der Waals surface area contributed by atoms with E-state index < -0.39 is 0 Å². The lowest BCUT2D eigenvalue weighted by Gasteiger charge is -2.08. The number of aryl methyl sites for hydroxylation is 1. The molecule has 0 aliphatic rings. The Bertz CT molecular complexity index is 648. The summed E-state index contributed by atoms with van der Waals surface area (Å²) in [6.07, 6.45) is 5.57. The molecule has 0 fully saturated rings. The zero-order valence-electron chi connectivity index (χ0n) is 13.8. The first-order chi connectivity index (χ1) is 10.6. The third-order valence-corrected chi connectivity index (χ3v) is 3.89. The van der Waals surface area contributed by atoms with E-state index in [4.69, 9.17) is 5.41 Å². The zero-order valence-corrected chi connectivity index (χ0v) is 13.8. The molecule has 114 valence electrons. The van der Waals surface area contributed by atoms with Crippen LogP contribution < -0.4 is 0 Å². The lowest BCUT2D eigenvalue weighted by atomic mass is 9.98. The van der Waals surface area contributed by atoms with E-state index in [9.17, 15) is 0 Å². The molecule has 22 heavy (non-hydrogen) atoms. The van der Waals surface area contributed by atoms with Gasteiger partial charge in [0.2, 0.25) is 0 Å². The van der Waals surface area contributed by atoms with E-state index in [1.54, 1.807) is 0 Å². The van der Waals surface area contributed by atoms with Gasteiger partial charge in [-0.1, -0.05) is 68.5 Å². The lowest BCUT2D eigenvalue weighted by Crippen LogP contribution is -1.95. The number of nitrogens with one attached hydrogen (secondary N) is 1. The Balaban J connectivity index is 2.15. The Morgan fingerprint density at radius 2 is 1.73 bits per heavy atom. The molecule has 0 unspecified atom stereocenters. The van der Waals surface area contributed by atoms with E-state index in [1.807, 2.05) is 0 Å². The molecule has 2 aromatic carbocycles. The van der Waals surface area contributed by atoms with Crippen LogP contribution in [0.2, 0.25) is 0 Å². The number of hydrogen-bond donors (Lipinski definition) is 1. The van der Waals surface area contributed by atoms with E-state index >= 15 is 0 Å². The first kappa shape index (κ1) is 16.2. The fraction of sp³-hybridized carbons (Fsp3) is 0.286. The summed E-state index contributed by atoms with van der Waals surface area (Å²) < 4.78 is 0. The van der Waals surface area contributed by atoms with Crippen LogP contribution >= 0.6 is 0 Å². The summed E-state index contributed by atoms with van der Waals surface area (Å²) >= 11 is 0. The molecule has 2 rings (SSSR count). The van der Waals surface area contributed by atoms with Crippen molar-refractivity contribution in [2.24, 2.45) is 5.92 Å². The second-order valence-electron chi connectivity index (χ2n) is 6.23. The predicted octanol–water partition coefficient (Wildman–Crippen LogP) is 5.47. The summed E-state index contributed by atoms with van der Waals surface area (Å²) in [4.78, 5) is 0. The zero-order chi connectivity index (χ0) is 15.9. The van der Waals surface area contributed by atoms with Crippen molar-refractivity contribution in [1.29, 1.82) is 5.41 Å². The second-order valence-corrected chi connectivity index (χ2v) is 6.23. The Kier molecular flexibility index (Phi) is 5.71. The first-order valence-corrected chi connectivity index (χ1v) is 7.94. The molecule has 1 nitrogen and oxygen atoms in total. The predicted molar refractivity (Wildman–Crippen MR) is 96.6 cm³/mol. The summed E-state index contributed by atoms with van der Waals surface area (Å²) in [7, 11) is 0. The van der Waals surface area contributed by atoms with Crippen LogP contribution in [0.1, 0.15) is 36.1 Å². The van der Waals surface area contributed by atoms with Crippen LogP contribution in [0.3, 0.4) is 0 Å². The third kappa shape index (κ3) is 4.42. The average Bonchev–Trinajstić information content (AvgIpc) is 2.50. The second kappa shape index (κ2) is 7.74. The van der Waals surface area contributed by atoms with Gasteiger partial charge in [-0.2, -0.15) is 0 Å². The fourth-order valence-electron chi connectivity index (χ4n) is 2.62. The van der Waals surface area contributed by atoms with Crippen molar-refractivity contribution in [2.75, 3.05) is 0 Å². The van der Waals surface area contributed by atoms with Crippen LogP contribution in [-0.4, -0.2) is 6.21 Å². The molecular weight excluding hydrogens is 266 g/mol. The summed E-state index contributed by atoms with van der Waals surface area (Å²) in [5.41, 5.74) is 6.09. The molecule has 0 saturated heterocycles. The van der Waals surface area contributed by atoms with E-state index in [0.29, 0.717) is 5.92 Å². The number of rotatable bonds is 6. The molecule has 0 bridgehead atoms.